The molecule has 0 heterocycles. The second kappa shape index (κ2) is 9.33. The number of carbonyl (C=O) groups is 1. The molecule has 0 saturated heterocycles. The van der Waals surface area contributed by atoms with Gasteiger partial charge in [0, 0.05) is 11.6 Å². The molecule has 4 aromatic carbocycles. The Labute approximate surface area is 195 Å². The zero-order chi connectivity index (χ0) is 22.6. The van der Waals surface area contributed by atoms with Gasteiger partial charge in [0.25, 0.3) is 0 Å². The minimum absolute atomic E-state index is 0.0227. The van der Waals surface area contributed by atoms with E-state index < -0.39 is 0 Å². The summed E-state index contributed by atoms with van der Waals surface area (Å²) in [5.41, 5.74) is 12.4. The fourth-order valence-electron chi connectivity index (χ4n) is 5.06. The van der Waals surface area contributed by atoms with E-state index >= 15 is 0 Å². The predicted molar refractivity (Wildman–Crippen MR) is 134 cm³/mol. The van der Waals surface area contributed by atoms with Crippen molar-refractivity contribution in [2.45, 2.75) is 30.7 Å². The van der Waals surface area contributed by atoms with E-state index in [1.54, 1.807) is 0 Å². The third-order valence-corrected chi connectivity index (χ3v) is 6.71. The average molecular weight is 433 g/mol. The summed E-state index contributed by atoms with van der Waals surface area (Å²) in [6, 6.07) is 36.5. The van der Waals surface area contributed by atoms with Crippen LogP contribution in [-0.4, -0.2) is 5.91 Å². The quantitative estimate of drug-likeness (QED) is 0.381. The van der Waals surface area contributed by atoms with Gasteiger partial charge in [-0.15, -0.1) is 0 Å². The lowest BCUT2D eigenvalue weighted by atomic mass is 9.76. The Morgan fingerprint density at radius 2 is 1.33 bits per heavy atom. The molecule has 3 nitrogen and oxygen atoms in total. The SMILES string of the molecule is Nc1ccc([C@H]2CCc3ccccc3[C@@H]2NC(=O)C(c2ccccc2)c2ccccc2)cc1. The number of nitrogens with two attached hydrogens (primary N) is 1. The maximum Gasteiger partial charge on any atom is 0.232 e. The largest absolute Gasteiger partial charge is 0.399 e. The van der Waals surface area contributed by atoms with Gasteiger partial charge in [-0.25, -0.2) is 0 Å². The van der Waals surface area contributed by atoms with E-state index in [0.717, 1.165) is 29.7 Å². The Balaban J connectivity index is 1.53. The van der Waals surface area contributed by atoms with Gasteiger partial charge in [-0.1, -0.05) is 97.1 Å². The van der Waals surface area contributed by atoms with E-state index in [1.807, 2.05) is 72.8 Å². The number of anilines is 1. The summed E-state index contributed by atoms with van der Waals surface area (Å²) in [7, 11) is 0. The molecule has 5 rings (SSSR count). The van der Waals surface area contributed by atoms with Crippen molar-refractivity contribution in [3.8, 4) is 0 Å². The molecule has 0 aliphatic heterocycles. The van der Waals surface area contributed by atoms with Gasteiger partial charge < -0.3 is 11.1 Å². The number of carbonyl (C=O) groups excluding carboxylic acids is 1. The monoisotopic (exact) mass is 432 g/mol. The maximum absolute atomic E-state index is 13.9. The van der Waals surface area contributed by atoms with Crippen LogP contribution in [0.1, 0.15) is 52.1 Å². The molecule has 2 atom stereocenters. The summed E-state index contributed by atoms with van der Waals surface area (Å²) < 4.78 is 0. The summed E-state index contributed by atoms with van der Waals surface area (Å²) >= 11 is 0. The van der Waals surface area contributed by atoms with Crippen LogP contribution < -0.4 is 11.1 Å². The van der Waals surface area contributed by atoms with Gasteiger partial charge >= 0.3 is 0 Å². The molecular formula is C30H28N2O. The van der Waals surface area contributed by atoms with Crippen LogP contribution in [0.3, 0.4) is 0 Å². The molecule has 4 aromatic rings. The Hall–Kier alpha value is -3.85. The van der Waals surface area contributed by atoms with Crippen molar-refractivity contribution in [1.82, 2.24) is 5.32 Å². The topological polar surface area (TPSA) is 55.1 Å². The van der Waals surface area contributed by atoms with Gasteiger partial charge in [-0.3, -0.25) is 4.79 Å². The van der Waals surface area contributed by atoms with E-state index in [9.17, 15) is 4.79 Å². The first-order chi connectivity index (χ1) is 16.2. The van der Waals surface area contributed by atoms with Crippen molar-refractivity contribution >= 4 is 11.6 Å². The summed E-state index contributed by atoms with van der Waals surface area (Å²) in [5.74, 6) is -0.153. The van der Waals surface area contributed by atoms with Crippen LogP contribution in [0.5, 0.6) is 0 Å². The summed E-state index contributed by atoms with van der Waals surface area (Å²) in [5, 5.41) is 3.47. The first-order valence-electron chi connectivity index (χ1n) is 11.5. The van der Waals surface area contributed by atoms with Crippen LogP contribution in [0, 0.1) is 0 Å². The lowest BCUT2D eigenvalue weighted by Gasteiger charge is -2.35. The van der Waals surface area contributed by atoms with Crippen LogP contribution in [0.15, 0.2) is 109 Å². The Bertz CT molecular complexity index is 1180. The molecule has 1 amide bonds. The Kier molecular flexibility index (Phi) is 5.95. The first-order valence-corrected chi connectivity index (χ1v) is 11.5. The minimum atomic E-state index is -0.367. The van der Waals surface area contributed by atoms with Crippen LogP contribution in [0.25, 0.3) is 0 Å². The number of nitrogen functional groups attached to an aromatic ring is 1. The van der Waals surface area contributed by atoms with Crippen LogP contribution >= 0.6 is 0 Å². The number of aryl methyl sites for hydroxylation is 1. The molecule has 0 radical (unpaired) electrons. The number of fused-ring (bicyclic) bond motifs is 1. The van der Waals surface area contributed by atoms with E-state index in [-0.39, 0.29) is 23.8 Å². The fourth-order valence-corrected chi connectivity index (χ4v) is 5.06. The highest BCUT2D eigenvalue weighted by molar-refractivity contribution is 5.87. The molecule has 0 unspecified atom stereocenters. The van der Waals surface area contributed by atoms with Crippen molar-refractivity contribution in [2.24, 2.45) is 0 Å². The molecule has 3 heteroatoms. The number of benzene rings is 4. The normalized spacial score (nSPS) is 17.4. The van der Waals surface area contributed by atoms with Gasteiger partial charge in [0.15, 0.2) is 0 Å². The molecule has 0 spiro atoms. The highest BCUT2D eigenvalue weighted by Crippen LogP contribution is 2.41. The maximum atomic E-state index is 13.9. The van der Waals surface area contributed by atoms with E-state index in [2.05, 4.69) is 41.7 Å². The molecule has 33 heavy (non-hydrogen) atoms. The van der Waals surface area contributed by atoms with E-state index in [1.165, 1.54) is 16.7 Å². The number of rotatable bonds is 5. The third kappa shape index (κ3) is 4.40. The van der Waals surface area contributed by atoms with Crippen LogP contribution in [-0.2, 0) is 11.2 Å². The van der Waals surface area contributed by atoms with Crippen molar-refractivity contribution in [1.29, 1.82) is 0 Å². The molecule has 0 fully saturated rings. The highest BCUT2D eigenvalue weighted by atomic mass is 16.2. The van der Waals surface area contributed by atoms with Crippen molar-refractivity contribution in [3.63, 3.8) is 0 Å². The number of hydrogen-bond donors (Lipinski definition) is 2. The molecule has 164 valence electrons. The van der Waals surface area contributed by atoms with Gasteiger partial charge in [-0.2, -0.15) is 0 Å². The van der Waals surface area contributed by atoms with Gasteiger partial charge in [0.1, 0.15) is 0 Å². The summed E-state index contributed by atoms with van der Waals surface area (Å²) in [6.07, 6.45) is 1.98. The zero-order valence-electron chi connectivity index (χ0n) is 18.5. The zero-order valence-corrected chi connectivity index (χ0v) is 18.5. The molecule has 3 N–H and O–H groups in total. The third-order valence-electron chi connectivity index (χ3n) is 6.71. The Morgan fingerprint density at radius 3 is 1.97 bits per heavy atom. The van der Waals surface area contributed by atoms with Crippen molar-refractivity contribution in [3.05, 3.63) is 137 Å². The molecule has 1 aliphatic rings. The second-order valence-corrected chi connectivity index (χ2v) is 8.75. The molecule has 1 aliphatic carbocycles. The molecule has 0 bridgehead atoms. The summed E-state index contributed by atoms with van der Waals surface area (Å²) in [4.78, 5) is 13.9. The minimum Gasteiger partial charge on any atom is -0.399 e. The first kappa shape index (κ1) is 21.0. The standard InChI is InChI=1S/C30H28N2O/c31-25-18-15-22(16-19-25)27-20-17-21-9-7-8-14-26(21)29(27)32-30(33)28(23-10-3-1-4-11-23)24-12-5-2-6-13-24/h1-16,18-19,27-29H,17,20,31H2,(H,32,33)/t27-,29+/m1/s1. The average Bonchev–Trinajstić information content (AvgIpc) is 2.86. The van der Waals surface area contributed by atoms with E-state index in [4.69, 9.17) is 5.73 Å². The number of amides is 1. The fraction of sp³-hybridized carbons (Fsp3) is 0.167. The molecule has 0 saturated carbocycles. The number of nitrogens with one attached hydrogen (secondary N) is 1. The highest BCUT2D eigenvalue weighted by Gasteiger charge is 2.34. The smallest absolute Gasteiger partial charge is 0.232 e. The molecular weight excluding hydrogens is 404 g/mol. The van der Waals surface area contributed by atoms with Gasteiger partial charge in [0.05, 0.1) is 12.0 Å². The van der Waals surface area contributed by atoms with Gasteiger partial charge in [0.2, 0.25) is 5.91 Å². The van der Waals surface area contributed by atoms with Crippen molar-refractivity contribution in [2.75, 3.05) is 5.73 Å². The van der Waals surface area contributed by atoms with Crippen molar-refractivity contribution < 1.29 is 4.79 Å². The molecule has 0 aromatic heterocycles. The predicted octanol–water partition coefficient (Wildman–Crippen LogP) is 5.99. The summed E-state index contributed by atoms with van der Waals surface area (Å²) in [6.45, 7) is 0. The lowest BCUT2D eigenvalue weighted by Crippen LogP contribution is -2.38. The van der Waals surface area contributed by atoms with Gasteiger partial charge in [-0.05, 0) is 52.8 Å². The van der Waals surface area contributed by atoms with Crippen LogP contribution in [0.4, 0.5) is 5.69 Å². The van der Waals surface area contributed by atoms with Crippen LogP contribution in [0.2, 0.25) is 0 Å². The van der Waals surface area contributed by atoms with E-state index in [0.29, 0.717) is 0 Å². The Morgan fingerprint density at radius 1 is 0.758 bits per heavy atom. The second-order valence-electron chi connectivity index (χ2n) is 8.75. The number of hydrogen-bond acceptors (Lipinski definition) is 2. The lowest BCUT2D eigenvalue weighted by molar-refractivity contribution is -0.122.